The average molecular weight is 342 g/mol. The van der Waals surface area contributed by atoms with Gasteiger partial charge < -0.3 is 15.8 Å². The first kappa shape index (κ1) is 16.4. The second kappa shape index (κ2) is 6.56. The number of carbonyl (C=O) groups excluding carboxylic acids is 1. The van der Waals surface area contributed by atoms with Crippen LogP contribution in [0.2, 0.25) is 0 Å². The van der Waals surface area contributed by atoms with E-state index in [9.17, 15) is 9.18 Å². The number of amides is 2. The minimum Gasteiger partial charge on any atom is -0.424 e. The Balaban J connectivity index is 1.91. The molecule has 3 N–H and O–H groups in total. The van der Waals surface area contributed by atoms with Crippen LogP contribution in [0.3, 0.4) is 0 Å². The number of aromatic nitrogens is 4. The number of ether oxygens (including phenoxy) is 1. The highest BCUT2D eigenvalue weighted by Crippen LogP contribution is 2.29. The van der Waals surface area contributed by atoms with Gasteiger partial charge >= 0.3 is 12.0 Å². The molecular weight excluding hydrogens is 327 g/mol. The first-order valence-electron chi connectivity index (χ1n) is 7.29. The van der Waals surface area contributed by atoms with Crippen LogP contribution in [-0.2, 0) is 7.05 Å². The van der Waals surface area contributed by atoms with Crippen molar-refractivity contribution in [1.29, 1.82) is 0 Å². The molecule has 8 nitrogen and oxygen atoms in total. The van der Waals surface area contributed by atoms with Crippen LogP contribution in [0.1, 0.15) is 5.56 Å². The van der Waals surface area contributed by atoms with Crippen LogP contribution in [0, 0.1) is 12.7 Å². The van der Waals surface area contributed by atoms with E-state index in [4.69, 9.17) is 10.5 Å². The Bertz CT molecular complexity index is 940. The number of benzene rings is 1. The summed E-state index contributed by atoms with van der Waals surface area (Å²) in [5.41, 5.74) is 6.90. The number of urea groups is 1. The monoisotopic (exact) mass is 342 g/mol. The molecular formula is C16H15FN6O2. The number of primary amides is 1. The van der Waals surface area contributed by atoms with Crippen molar-refractivity contribution in [3.05, 3.63) is 48.2 Å². The first-order valence-corrected chi connectivity index (χ1v) is 7.29. The number of nitrogens with zero attached hydrogens (tertiary/aromatic N) is 4. The third kappa shape index (κ3) is 3.71. The molecule has 0 atom stereocenters. The van der Waals surface area contributed by atoms with Crippen LogP contribution >= 0.6 is 0 Å². The molecule has 128 valence electrons. The van der Waals surface area contributed by atoms with Gasteiger partial charge in [0.1, 0.15) is 11.6 Å². The first-order chi connectivity index (χ1) is 11.9. The van der Waals surface area contributed by atoms with Crippen molar-refractivity contribution in [3.8, 4) is 23.0 Å². The molecule has 0 saturated heterocycles. The Morgan fingerprint density at radius 1 is 1.40 bits per heavy atom. The maximum absolute atomic E-state index is 13.9. The maximum atomic E-state index is 13.9. The molecule has 0 radical (unpaired) electrons. The highest BCUT2D eigenvalue weighted by Gasteiger charge is 2.12. The summed E-state index contributed by atoms with van der Waals surface area (Å²) in [6.07, 6.45) is 5.03. The van der Waals surface area contributed by atoms with E-state index in [0.29, 0.717) is 17.0 Å². The van der Waals surface area contributed by atoms with Crippen molar-refractivity contribution < 1.29 is 13.9 Å². The lowest BCUT2D eigenvalue weighted by Crippen LogP contribution is -2.20. The van der Waals surface area contributed by atoms with E-state index < -0.39 is 11.8 Å². The molecule has 0 spiro atoms. The molecule has 0 aliphatic rings. The van der Waals surface area contributed by atoms with Gasteiger partial charge in [0.05, 0.1) is 17.6 Å². The fraction of sp³-hybridized carbons (Fsp3) is 0.125. The van der Waals surface area contributed by atoms with Crippen LogP contribution in [0.4, 0.5) is 14.9 Å². The molecule has 0 fully saturated rings. The second-order valence-corrected chi connectivity index (χ2v) is 5.32. The zero-order valence-electron chi connectivity index (χ0n) is 13.5. The molecule has 0 bridgehead atoms. The molecule has 2 amide bonds. The van der Waals surface area contributed by atoms with E-state index in [1.54, 1.807) is 37.1 Å². The van der Waals surface area contributed by atoms with Gasteiger partial charge in [0.2, 0.25) is 0 Å². The van der Waals surface area contributed by atoms with Crippen LogP contribution in [0.5, 0.6) is 11.8 Å². The summed E-state index contributed by atoms with van der Waals surface area (Å²) in [5, 5.41) is 6.29. The Labute approximate surface area is 142 Å². The Morgan fingerprint density at radius 2 is 2.20 bits per heavy atom. The zero-order valence-corrected chi connectivity index (χ0v) is 13.5. The predicted octanol–water partition coefficient (Wildman–Crippen LogP) is 2.61. The SMILES string of the molecule is Cc1cc(F)c(NC(N)=O)cc1Oc1nccc(-c2cnn(C)c2)n1. The van der Waals surface area contributed by atoms with E-state index in [-0.39, 0.29) is 11.7 Å². The highest BCUT2D eigenvalue weighted by molar-refractivity contribution is 5.88. The number of aryl methyl sites for hydroxylation is 2. The summed E-state index contributed by atoms with van der Waals surface area (Å²) >= 11 is 0. The standard InChI is InChI=1S/C16H15FN6O2/c1-9-5-11(17)13(21-15(18)24)6-14(9)25-16-19-4-3-12(22-16)10-7-20-23(2)8-10/h3-8H,1-2H3,(H3,18,21,24). The van der Waals surface area contributed by atoms with Crippen molar-refractivity contribution in [2.24, 2.45) is 12.8 Å². The number of rotatable bonds is 4. The minimum atomic E-state index is -0.872. The van der Waals surface area contributed by atoms with Crippen molar-refractivity contribution in [2.45, 2.75) is 6.92 Å². The normalized spacial score (nSPS) is 10.5. The summed E-state index contributed by atoms with van der Waals surface area (Å²) in [7, 11) is 1.80. The number of halogens is 1. The van der Waals surface area contributed by atoms with Crippen molar-refractivity contribution in [2.75, 3.05) is 5.32 Å². The van der Waals surface area contributed by atoms with Gasteiger partial charge in [0.15, 0.2) is 0 Å². The Morgan fingerprint density at radius 3 is 2.88 bits per heavy atom. The summed E-state index contributed by atoms with van der Waals surface area (Å²) in [5.74, 6) is -0.317. The third-order valence-corrected chi connectivity index (χ3v) is 3.36. The average Bonchev–Trinajstić information content (AvgIpc) is 2.98. The topological polar surface area (TPSA) is 108 Å². The number of nitrogens with two attached hydrogens (primary N) is 1. The summed E-state index contributed by atoms with van der Waals surface area (Å²) in [6, 6.07) is 3.49. The van der Waals surface area contributed by atoms with Crippen molar-refractivity contribution in [3.63, 3.8) is 0 Å². The Hall–Kier alpha value is -3.49. The van der Waals surface area contributed by atoms with Crippen LogP contribution < -0.4 is 15.8 Å². The van der Waals surface area contributed by atoms with Gasteiger partial charge in [-0.15, -0.1) is 0 Å². The molecule has 0 aliphatic carbocycles. The van der Waals surface area contributed by atoms with Gasteiger partial charge in [0.25, 0.3) is 0 Å². The van der Waals surface area contributed by atoms with Crippen molar-refractivity contribution >= 4 is 11.7 Å². The number of nitrogens with one attached hydrogen (secondary N) is 1. The van der Waals surface area contributed by atoms with E-state index in [0.717, 1.165) is 5.56 Å². The summed E-state index contributed by atoms with van der Waals surface area (Å²) in [4.78, 5) is 19.3. The Kier molecular flexibility index (Phi) is 4.29. The number of hydrogen-bond donors (Lipinski definition) is 2. The van der Waals surface area contributed by atoms with Gasteiger partial charge in [-0.2, -0.15) is 10.1 Å². The van der Waals surface area contributed by atoms with Gasteiger partial charge in [-0.1, -0.05) is 0 Å². The van der Waals surface area contributed by atoms with E-state index in [2.05, 4.69) is 20.4 Å². The van der Waals surface area contributed by atoms with Gasteiger partial charge in [-0.05, 0) is 24.6 Å². The van der Waals surface area contributed by atoms with Crippen molar-refractivity contribution in [1.82, 2.24) is 19.7 Å². The zero-order chi connectivity index (χ0) is 18.0. The molecule has 9 heteroatoms. The quantitative estimate of drug-likeness (QED) is 0.758. The lowest BCUT2D eigenvalue weighted by Gasteiger charge is -2.11. The number of hydrogen-bond acceptors (Lipinski definition) is 5. The van der Waals surface area contributed by atoms with E-state index in [1.165, 1.54) is 12.1 Å². The van der Waals surface area contributed by atoms with Gasteiger partial charge in [-0.3, -0.25) is 4.68 Å². The fourth-order valence-corrected chi connectivity index (χ4v) is 2.19. The molecule has 0 saturated carbocycles. The third-order valence-electron chi connectivity index (χ3n) is 3.36. The maximum Gasteiger partial charge on any atom is 0.322 e. The lowest BCUT2D eigenvalue weighted by molar-refractivity contribution is 0.259. The highest BCUT2D eigenvalue weighted by atomic mass is 19.1. The predicted molar refractivity (Wildman–Crippen MR) is 88.7 cm³/mol. The molecule has 2 heterocycles. The molecule has 2 aromatic heterocycles. The summed E-state index contributed by atoms with van der Waals surface area (Å²) < 4.78 is 21.2. The van der Waals surface area contributed by atoms with E-state index in [1.807, 2.05) is 6.20 Å². The van der Waals surface area contributed by atoms with Crippen LogP contribution in [0.25, 0.3) is 11.3 Å². The largest absolute Gasteiger partial charge is 0.424 e. The summed E-state index contributed by atoms with van der Waals surface area (Å²) in [6.45, 7) is 1.66. The van der Waals surface area contributed by atoms with Crippen LogP contribution in [0.15, 0.2) is 36.8 Å². The number of anilines is 1. The minimum absolute atomic E-state index is 0.0843. The molecule has 3 aromatic rings. The fourth-order valence-electron chi connectivity index (χ4n) is 2.19. The van der Waals surface area contributed by atoms with E-state index >= 15 is 0 Å². The van der Waals surface area contributed by atoms with Gasteiger partial charge in [-0.25, -0.2) is 14.2 Å². The molecule has 1 aromatic carbocycles. The number of carbonyl (C=O) groups is 1. The molecule has 3 rings (SSSR count). The molecule has 0 unspecified atom stereocenters. The smallest absolute Gasteiger partial charge is 0.322 e. The van der Waals surface area contributed by atoms with Gasteiger partial charge in [0, 0.05) is 31.1 Å². The second-order valence-electron chi connectivity index (χ2n) is 5.32. The van der Waals surface area contributed by atoms with Crippen LogP contribution in [-0.4, -0.2) is 25.8 Å². The lowest BCUT2D eigenvalue weighted by atomic mass is 10.2. The molecule has 0 aliphatic heterocycles. The molecule has 25 heavy (non-hydrogen) atoms.